The van der Waals surface area contributed by atoms with Crippen LogP contribution in [0.1, 0.15) is 0 Å². The number of hydrazine groups is 1. The number of hydrogen-bond donors (Lipinski definition) is 1. The van der Waals surface area contributed by atoms with Crippen molar-refractivity contribution in [1.82, 2.24) is 15.3 Å². The highest BCUT2D eigenvalue weighted by Crippen LogP contribution is 2.18. The van der Waals surface area contributed by atoms with Crippen LogP contribution in [0.15, 0.2) is 0 Å². The minimum absolute atomic E-state index is 0.0860. The van der Waals surface area contributed by atoms with Gasteiger partial charge in [0.1, 0.15) is 0 Å². The molecule has 0 unspecified atom stereocenters. The maximum absolute atomic E-state index is 12.0. The summed E-state index contributed by atoms with van der Waals surface area (Å²) in [6.07, 6.45) is -4.76. The first-order valence-corrected chi connectivity index (χ1v) is 4.22. The van der Waals surface area contributed by atoms with Crippen molar-refractivity contribution in [2.75, 3.05) is 33.2 Å². The average Bonchev–Trinajstić information content (AvgIpc) is 2.27. The third-order valence-electron chi connectivity index (χ3n) is 2.00. The molecule has 0 saturated carbocycles. The summed E-state index contributed by atoms with van der Waals surface area (Å²) in [6.45, 7) is 0.921. The van der Waals surface area contributed by atoms with Crippen molar-refractivity contribution in [3.63, 3.8) is 0 Å². The molecule has 1 fully saturated rings. The van der Waals surface area contributed by atoms with Crippen molar-refractivity contribution in [2.45, 2.75) is 6.18 Å². The first kappa shape index (κ1) is 11.3. The molecule has 0 aromatic heterocycles. The second-order valence-corrected chi connectivity index (χ2v) is 3.12. The van der Waals surface area contributed by atoms with E-state index in [1.54, 1.807) is 12.1 Å². The number of alkyl halides is 3. The van der Waals surface area contributed by atoms with Gasteiger partial charge < -0.3 is 4.90 Å². The Morgan fingerprint density at radius 3 is 2.50 bits per heavy atom. The molecule has 0 atom stereocenters. The monoisotopic (exact) mass is 211 g/mol. The van der Waals surface area contributed by atoms with E-state index in [-0.39, 0.29) is 13.1 Å². The molecule has 0 radical (unpaired) electrons. The highest BCUT2D eigenvalue weighted by Gasteiger charge is 2.42. The second-order valence-electron chi connectivity index (χ2n) is 3.12. The Hall–Kier alpha value is -0.820. The maximum atomic E-state index is 12.0. The fraction of sp³-hybridized carbons (Fsp3) is 0.857. The third-order valence-corrected chi connectivity index (χ3v) is 2.00. The van der Waals surface area contributed by atoms with Crippen LogP contribution in [0, 0.1) is 0 Å². The molecule has 82 valence electrons. The van der Waals surface area contributed by atoms with E-state index in [9.17, 15) is 18.0 Å². The van der Waals surface area contributed by atoms with Gasteiger partial charge in [-0.25, -0.2) is 5.01 Å². The van der Waals surface area contributed by atoms with E-state index in [0.29, 0.717) is 13.1 Å². The Bertz CT molecular complexity index is 219. The number of nitrogens with zero attached hydrogens (tertiary/aromatic N) is 2. The lowest BCUT2D eigenvalue weighted by Gasteiger charge is -2.20. The van der Waals surface area contributed by atoms with Crippen LogP contribution in [0.2, 0.25) is 0 Å². The summed E-state index contributed by atoms with van der Waals surface area (Å²) in [5.74, 6) is -1.75. The van der Waals surface area contributed by atoms with Gasteiger partial charge >= 0.3 is 12.1 Å². The second kappa shape index (κ2) is 4.14. The lowest BCUT2D eigenvalue weighted by molar-refractivity contribution is -0.185. The molecule has 1 saturated heterocycles. The number of carbonyl (C=O) groups is 1. The molecule has 1 heterocycles. The van der Waals surface area contributed by atoms with Crippen LogP contribution in [0.4, 0.5) is 13.2 Å². The average molecular weight is 211 g/mol. The molecule has 0 spiro atoms. The number of carbonyl (C=O) groups excluding carboxylic acids is 1. The van der Waals surface area contributed by atoms with Crippen LogP contribution >= 0.6 is 0 Å². The summed E-state index contributed by atoms with van der Waals surface area (Å²) in [5.41, 5.74) is 2.85. The zero-order valence-electron chi connectivity index (χ0n) is 7.76. The van der Waals surface area contributed by atoms with Crippen LogP contribution in [-0.4, -0.2) is 55.2 Å². The molecular weight excluding hydrogens is 199 g/mol. The van der Waals surface area contributed by atoms with E-state index in [1.807, 2.05) is 0 Å². The Labute approximate surface area is 79.6 Å². The Morgan fingerprint density at radius 2 is 1.93 bits per heavy atom. The van der Waals surface area contributed by atoms with E-state index in [0.717, 1.165) is 4.90 Å². The van der Waals surface area contributed by atoms with Gasteiger partial charge in [-0.2, -0.15) is 13.2 Å². The quantitative estimate of drug-likeness (QED) is 0.604. The largest absolute Gasteiger partial charge is 0.471 e. The summed E-state index contributed by atoms with van der Waals surface area (Å²) >= 11 is 0. The number of hydrogen-bond acceptors (Lipinski definition) is 3. The van der Waals surface area contributed by atoms with Crippen molar-refractivity contribution in [1.29, 1.82) is 0 Å². The van der Waals surface area contributed by atoms with Crippen LogP contribution in [-0.2, 0) is 4.79 Å². The molecule has 1 aliphatic rings. The van der Waals surface area contributed by atoms with E-state index in [1.165, 1.54) is 0 Å². The van der Waals surface area contributed by atoms with Crippen molar-refractivity contribution in [3.05, 3.63) is 0 Å². The van der Waals surface area contributed by atoms with Gasteiger partial charge in [-0.15, -0.1) is 0 Å². The minimum Gasteiger partial charge on any atom is -0.332 e. The summed E-state index contributed by atoms with van der Waals surface area (Å²) in [7, 11) is 1.72. The number of halogens is 3. The standard InChI is InChI=1S/C7H12F3N3O/c1-12-4-5-13(3-2-11-12)6(14)7(8,9)10/h11H,2-5H2,1H3. The van der Waals surface area contributed by atoms with Gasteiger partial charge in [-0.1, -0.05) is 0 Å². The molecular formula is C7H12F3N3O. The van der Waals surface area contributed by atoms with Gasteiger partial charge in [-0.05, 0) is 0 Å². The molecule has 0 aliphatic carbocycles. The van der Waals surface area contributed by atoms with Crippen molar-refractivity contribution < 1.29 is 18.0 Å². The number of rotatable bonds is 0. The smallest absolute Gasteiger partial charge is 0.332 e. The molecule has 0 aromatic carbocycles. The molecule has 1 amide bonds. The Kier molecular flexibility index (Phi) is 3.33. The molecule has 4 nitrogen and oxygen atoms in total. The lowest BCUT2D eigenvalue weighted by Crippen LogP contribution is -2.43. The highest BCUT2D eigenvalue weighted by molar-refractivity contribution is 5.81. The van der Waals surface area contributed by atoms with Gasteiger partial charge in [0.15, 0.2) is 0 Å². The number of likely N-dealkylation sites (N-methyl/N-ethyl adjacent to an activating group) is 1. The third kappa shape index (κ3) is 2.85. The van der Waals surface area contributed by atoms with Crippen LogP contribution in [0.5, 0.6) is 0 Å². The van der Waals surface area contributed by atoms with Gasteiger partial charge in [0, 0.05) is 33.2 Å². The normalized spacial score (nSPS) is 20.7. The van der Waals surface area contributed by atoms with Crippen molar-refractivity contribution >= 4 is 5.91 Å². The lowest BCUT2D eigenvalue weighted by atomic mass is 10.4. The predicted octanol–water partition coefficient (Wildman–Crippen LogP) is -0.173. The molecule has 14 heavy (non-hydrogen) atoms. The number of nitrogens with one attached hydrogen (secondary N) is 1. The first-order valence-electron chi connectivity index (χ1n) is 4.22. The van der Waals surface area contributed by atoms with Gasteiger partial charge in [-0.3, -0.25) is 10.2 Å². The summed E-state index contributed by atoms with van der Waals surface area (Å²) in [6, 6.07) is 0. The molecule has 0 aromatic rings. The zero-order valence-corrected chi connectivity index (χ0v) is 7.76. The topological polar surface area (TPSA) is 35.6 Å². The highest BCUT2D eigenvalue weighted by atomic mass is 19.4. The Balaban J connectivity index is 2.56. The molecule has 0 bridgehead atoms. The minimum atomic E-state index is -4.76. The first-order chi connectivity index (χ1) is 6.41. The number of amides is 1. The van der Waals surface area contributed by atoms with Gasteiger partial charge in [0.2, 0.25) is 0 Å². The predicted molar refractivity (Wildman–Crippen MR) is 43.3 cm³/mol. The SMILES string of the molecule is CN1CCN(C(=O)C(F)(F)F)CCN1. The van der Waals surface area contributed by atoms with Gasteiger partial charge in [0.05, 0.1) is 0 Å². The maximum Gasteiger partial charge on any atom is 0.471 e. The summed E-state index contributed by atoms with van der Waals surface area (Å²) in [4.78, 5) is 11.6. The van der Waals surface area contributed by atoms with Crippen LogP contribution < -0.4 is 5.43 Å². The molecule has 7 heteroatoms. The van der Waals surface area contributed by atoms with Crippen LogP contribution in [0.25, 0.3) is 0 Å². The molecule has 1 N–H and O–H groups in total. The van der Waals surface area contributed by atoms with E-state index < -0.39 is 12.1 Å². The fourth-order valence-electron chi connectivity index (χ4n) is 1.22. The molecule has 1 aliphatic heterocycles. The molecule has 1 rings (SSSR count). The Morgan fingerprint density at radius 1 is 1.29 bits per heavy atom. The van der Waals surface area contributed by atoms with Crippen molar-refractivity contribution in [2.24, 2.45) is 0 Å². The summed E-state index contributed by atoms with van der Waals surface area (Å²) in [5, 5.41) is 1.67. The van der Waals surface area contributed by atoms with E-state index in [4.69, 9.17) is 0 Å². The fourth-order valence-corrected chi connectivity index (χ4v) is 1.22. The van der Waals surface area contributed by atoms with Gasteiger partial charge in [0.25, 0.3) is 0 Å². The van der Waals surface area contributed by atoms with Crippen molar-refractivity contribution in [3.8, 4) is 0 Å². The zero-order chi connectivity index (χ0) is 10.8. The van der Waals surface area contributed by atoms with E-state index >= 15 is 0 Å². The van der Waals surface area contributed by atoms with E-state index in [2.05, 4.69) is 5.43 Å². The van der Waals surface area contributed by atoms with Crippen LogP contribution in [0.3, 0.4) is 0 Å². The summed E-state index contributed by atoms with van der Waals surface area (Å²) < 4.78 is 36.1.